The molecule has 3 heteroatoms. The minimum absolute atomic E-state index is 0.865. The maximum Gasteiger partial charge on any atom is 0.159 e. The predicted octanol–water partition coefficient (Wildman–Crippen LogP) is 15.1. The summed E-state index contributed by atoms with van der Waals surface area (Å²) < 4.78 is 9.49. The van der Waals surface area contributed by atoms with Crippen molar-refractivity contribution in [2.45, 2.75) is 0 Å². The zero-order chi connectivity index (χ0) is 34.9. The van der Waals surface area contributed by atoms with E-state index in [1.54, 1.807) is 0 Å². The summed E-state index contributed by atoms with van der Waals surface area (Å²) >= 11 is 1.85. The number of nitrogens with zero attached hydrogens (tertiary/aromatic N) is 1. The van der Waals surface area contributed by atoms with E-state index >= 15 is 0 Å². The van der Waals surface area contributed by atoms with Crippen molar-refractivity contribution in [3.8, 4) is 22.3 Å². The van der Waals surface area contributed by atoms with Crippen molar-refractivity contribution in [3.63, 3.8) is 0 Å². The molecule has 0 aliphatic rings. The van der Waals surface area contributed by atoms with Gasteiger partial charge < -0.3 is 9.32 Å². The van der Waals surface area contributed by atoms with Crippen LogP contribution in [0.25, 0.3) is 85.9 Å². The Morgan fingerprint density at radius 2 is 1.00 bits per heavy atom. The van der Waals surface area contributed by atoms with Crippen LogP contribution in [0.2, 0.25) is 0 Å². The zero-order valence-corrected chi connectivity index (χ0v) is 29.5. The number of fused-ring (bicyclic) bond motifs is 9. The third kappa shape index (κ3) is 4.93. The van der Waals surface area contributed by atoms with Gasteiger partial charge in [-0.05, 0) is 104 Å². The van der Waals surface area contributed by atoms with Gasteiger partial charge in [0.2, 0.25) is 0 Å². The first-order valence-electron chi connectivity index (χ1n) is 18.0. The molecule has 0 aliphatic carbocycles. The summed E-state index contributed by atoms with van der Waals surface area (Å²) in [6.07, 6.45) is 0. The first-order chi connectivity index (χ1) is 26.2. The average molecular weight is 694 g/mol. The first kappa shape index (κ1) is 30.0. The predicted molar refractivity (Wildman–Crippen MR) is 227 cm³/mol. The van der Waals surface area contributed by atoms with Crippen molar-refractivity contribution in [1.82, 2.24) is 0 Å². The molecule has 0 unspecified atom stereocenters. The molecule has 11 rings (SSSR count). The summed E-state index contributed by atoms with van der Waals surface area (Å²) in [7, 11) is 0. The molecule has 0 fully saturated rings. The first-order valence-corrected chi connectivity index (χ1v) is 18.8. The highest BCUT2D eigenvalue weighted by Crippen LogP contribution is 2.44. The van der Waals surface area contributed by atoms with Gasteiger partial charge in [-0.1, -0.05) is 127 Å². The molecule has 0 aliphatic heterocycles. The maximum absolute atomic E-state index is 6.85. The van der Waals surface area contributed by atoms with Crippen LogP contribution in [0.15, 0.2) is 192 Å². The van der Waals surface area contributed by atoms with E-state index in [4.69, 9.17) is 4.42 Å². The second kappa shape index (κ2) is 11.9. The van der Waals surface area contributed by atoms with Gasteiger partial charge in [-0.3, -0.25) is 0 Å². The molecular weight excluding hydrogens is 663 g/mol. The Bertz CT molecular complexity index is 3170. The molecule has 0 spiro atoms. The lowest BCUT2D eigenvalue weighted by molar-refractivity contribution is 0.669. The molecule has 9 aromatic carbocycles. The van der Waals surface area contributed by atoms with Crippen LogP contribution < -0.4 is 4.90 Å². The summed E-state index contributed by atoms with van der Waals surface area (Å²) in [5.41, 5.74) is 9.59. The molecule has 248 valence electrons. The largest absolute Gasteiger partial charge is 0.454 e. The molecule has 2 aromatic heterocycles. The van der Waals surface area contributed by atoms with E-state index in [1.165, 1.54) is 58.4 Å². The molecule has 0 atom stereocenters. The minimum Gasteiger partial charge on any atom is -0.454 e. The van der Waals surface area contributed by atoms with Crippen LogP contribution in [0.4, 0.5) is 17.1 Å². The molecule has 0 radical (unpaired) electrons. The quantitative estimate of drug-likeness (QED) is 0.167. The summed E-state index contributed by atoms with van der Waals surface area (Å²) in [6, 6.07) is 68.0. The van der Waals surface area contributed by atoms with Crippen molar-refractivity contribution < 1.29 is 4.42 Å². The molecule has 53 heavy (non-hydrogen) atoms. The van der Waals surface area contributed by atoms with E-state index in [-0.39, 0.29) is 0 Å². The number of para-hydroxylation sites is 1. The van der Waals surface area contributed by atoms with Gasteiger partial charge in [0, 0.05) is 42.3 Å². The Morgan fingerprint density at radius 1 is 0.358 bits per heavy atom. The number of hydrogen-bond donors (Lipinski definition) is 0. The third-order valence-corrected chi connectivity index (χ3v) is 11.8. The molecule has 0 saturated carbocycles. The van der Waals surface area contributed by atoms with Crippen LogP contribution in [0.5, 0.6) is 0 Å². The highest BCUT2D eigenvalue weighted by Gasteiger charge is 2.20. The highest BCUT2D eigenvalue weighted by molar-refractivity contribution is 7.25. The zero-order valence-electron chi connectivity index (χ0n) is 28.7. The monoisotopic (exact) mass is 693 g/mol. The van der Waals surface area contributed by atoms with Crippen LogP contribution in [0.1, 0.15) is 0 Å². The van der Waals surface area contributed by atoms with E-state index in [0.717, 1.165) is 44.6 Å². The lowest BCUT2D eigenvalue weighted by atomic mass is 10.00. The van der Waals surface area contributed by atoms with Crippen LogP contribution in [0, 0.1) is 0 Å². The normalized spacial score (nSPS) is 11.8. The summed E-state index contributed by atoms with van der Waals surface area (Å²) in [5.74, 6) is 0. The van der Waals surface area contributed by atoms with Gasteiger partial charge in [0.05, 0.1) is 5.69 Å². The van der Waals surface area contributed by atoms with E-state index < -0.39 is 0 Å². The second-order valence-corrected chi connectivity index (χ2v) is 14.8. The number of furan rings is 1. The van der Waals surface area contributed by atoms with E-state index in [9.17, 15) is 0 Å². The summed E-state index contributed by atoms with van der Waals surface area (Å²) in [5, 5.41) is 9.75. The third-order valence-electron chi connectivity index (χ3n) is 10.7. The van der Waals surface area contributed by atoms with Crippen LogP contribution in [-0.4, -0.2) is 0 Å². The van der Waals surface area contributed by atoms with Gasteiger partial charge in [0.1, 0.15) is 5.58 Å². The average Bonchev–Trinajstić information content (AvgIpc) is 3.80. The van der Waals surface area contributed by atoms with Crippen LogP contribution in [-0.2, 0) is 0 Å². The Morgan fingerprint density at radius 3 is 1.89 bits per heavy atom. The van der Waals surface area contributed by atoms with Gasteiger partial charge in [-0.25, -0.2) is 0 Å². The lowest BCUT2D eigenvalue weighted by Gasteiger charge is -2.26. The number of benzene rings is 9. The van der Waals surface area contributed by atoms with Gasteiger partial charge >= 0.3 is 0 Å². The van der Waals surface area contributed by atoms with Gasteiger partial charge in [0.25, 0.3) is 0 Å². The smallest absolute Gasteiger partial charge is 0.159 e. The highest BCUT2D eigenvalue weighted by atomic mass is 32.1. The Hall–Kier alpha value is -6.68. The molecule has 11 aromatic rings. The number of rotatable bonds is 5. The maximum atomic E-state index is 6.85. The fraction of sp³-hybridized carbons (Fsp3) is 0. The van der Waals surface area contributed by atoms with Crippen LogP contribution >= 0.6 is 11.3 Å². The van der Waals surface area contributed by atoms with Crippen molar-refractivity contribution in [2.75, 3.05) is 4.90 Å². The fourth-order valence-electron chi connectivity index (χ4n) is 8.03. The molecule has 0 amide bonds. The Labute approximate surface area is 310 Å². The van der Waals surface area contributed by atoms with Crippen molar-refractivity contribution in [1.29, 1.82) is 0 Å². The molecule has 0 saturated heterocycles. The van der Waals surface area contributed by atoms with Crippen molar-refractivity contribution in [2.24, 2.45) is 0 Å². The number of hydrogen-bond acceptors (Lipinski definition) is 3. The van der Waals surface area contributed by atoms with E-state index in [0.29, 0.717) is 0 Å². The van der Waals surface area contributed by atoms with E-state index in [1.807, 2.05) is 11.3 Å². The summed E-state index contributed by atoms with van der Waals surface area (Å²) in [6.45, 7) is 0. The van der Waals surface area contributed by atoms with Crippen molar-refractivity contribution in [3.05, 3.63) is 188 Å². The van der Waals surface area contributed by atoms with Crippen molar-refractivity contribution >= 4 is 92.1 Å². The Kier molecular flexibility index (Phi) is 6.76. The lowest BCUT2D eigenvalue weighted by Crippen LogP contribution is -2.10. The molecular formula is C50H31NOS. The minimum atomic E-state index is 0.865. The van der Waals surface area contributed by atoms with Gasteiger partial charge in [-0.2, -0.15) is 0 Å². The number of anilines is 3. The topological polar surface area (TPSA) is 16.4 Å². The fourth-order valence-corrected chi connectivity index (χ4v) is 9.12. The summed E-state index contributed by atoms with van der Waals surface area (Å²) in [4.78, 5) is 2.35. The van der Waals surface area contributed by atoms with Gasteiger partial charge in [-0.15, -0.1) is 11.3 Å². The van der Waals surface area contributed by atoms with Gasteiger partial charge in [0.15, 0.2) is 5.58 Å². The number of thiophene rings is 1. The standard InChI is InChI=1S/C50H31NOS/c1-2-9-32(10-3-1)37-22-27-41-43-14-8-15-46(50(43)52-47(41)30-37)51(39-26-21-35-18-17-34-11-4-5-12-40(34)44(35)31-39)38-24-19-33(20-25-38)36-23-28-49-45(29-36)42-13-6-7-16-48(42)53-49/h1-31H. The SMILES string of the molecule is c1ccc(-c2ccc3c(c2)oc2c(N(c4ccc(-c5ccc6sc7ccccc7c6c5)cc4)c4ccc5ccc6ccccc6c5c4)cccc23)cc1. The molecule has 2 heterocycles. The van der Waals surface area contributed by atoms with E-state index in [2.05, 4.69) is 193 Å². The molecule has 2 nitrogen and oxygen atoms in total. The second-order valence-electron chi connectivity index (χ2n) is 13.7. The van der Waals surface area contributed by atoms with Crippen LogP contribution in [0.3, 0.4) is 0 Å². The molecule has 0 bridgehead atoms. The Balaban J connectivity index is 1.09. The molecule has 0 N–H and O–H groups in total.